The van der Waals surface area contributed by atoms with Crippen molar-refractivity contribution in [2.45, 2.75) is 52.6 Å². The third-order valence-corrected chi connectivity index (χ3v) is 9.85. The van der Waals surface area contributed by atoms with Crippen molar-refractivity contribution in [3.63, 3.8) is 0 Å². The second-order valence-electron chi connectivity index (χ2n) is 13.2. The molecule has 0 aliphatic carbocycles. The highest BCUT2D eigenvalue weighted by Gasteiger charge is 2.23. The van der Waals surface area contributed by atoms with Crippen LogP contribution in [-0.4, -0.2) is 54.2 Å². The van der Waals surface area contributed by atoms with Gasteiger partial charge in [0.1, 0.15) is 11.4 Å². The Morgan fingerprint density at radius 2 is 0.948 bits per heavy atom. The van der Waals surface area contributed by atoms with E-state index in [4.69, 9.17) is 19.4 Å². The number of pyridine rings is 4. The molecule has 10 nitrogen and oxygen atoms in total. The summed E-state index contributed by atoms with van der Waals surface area (Å²) in [5, 5.41) is 4.08. The van der Waals surface area contributed by atoms with E-state index in [0.29, 0.717) is 0 Å². The van der Waals surface area contributed by atoms with Crippen LogP contribution in [0.4, 0.5) is 0 Å². The maximum absolute atomic E-state index is 12.9. The van der Waals surface area contributed by atoms with Crippen molar-refractivity contribution in [1.82, 2.24) is 29.1 Å². The van der Waals surface area contributed by atoms with Gasteiger partial charge in [0.05, 0.1) is 35.6 Å². The predicted molar refractivity (Wildman–Crippen MR) is 240 cm³/mol. The molecule has 2 aromatic carbocycles. The van der Waals surface area contributed by atoms with Crippen LogP contribution in [0.2, 0.25) is 0 Å². The first-order valence-corrected chi connectivity index (χ1v) is 18.6. The molecule has 0 atom stereocenters. The van der Waals surface area contributed by atoms with Crippen LogP contribution in [0.25, 0.3) is 66.1 Å². The lowest BCUT2D eigenvalue weighted by Crippen LogP contribution is -2.09. The zero-order chi connectivity index (χ0) is 37.0. The molecule has 0 amide bonds. The number of unbranched alkanes of at least 4 members (excludes halogenated alkanes) is 3. The van der Waals surface area contributed by atoms with Gasteiger partial charge in [-0.05, 0) is 75.2 Å². The SMILES string of the molecule is CCOC(=O)c1cc2c3ccccc3n(CCCCCCn3c4ccccc4c4cc(C(=O)OCC)nc(-c5cccnc5)c43)c2c(-c2cccnc2)n1.Cl.Cl.Cl.Cl. The van der Waals surface area contributed by atoms with Gasteiger partial charge >= 0.3 is 11.9 Å². The van der Waals surface area contributed by atoms with Crippen molar-refractivity contribution < 1.29 is 19.1 Å². The second-order valence-corrected chi connectivity index (χ2v) is 13.2. The molecule has 0 radical (unpaired) electrons. The Kier molecular flexibility index (Phi) is 16.0. The minimum Gasteiger partial charge on any atom is -0.461 e. The first-order chi connectivity index (χ1) is 26.6. The van der Waals surface area contributed by atoms with Gasteiger partial charge in [-0.1, -0.05) is 49.2 Å². The predicted octanol–water partition coefficient (Wildman–Crippen LogP) is 11.1. The van der Waals surface area contributed by atoms with E-state index in [-0.39, 0.29) is 74.2 Å². The van der Waals surface area contributed by atoms with Gasteiger partial charge in [-0.15, -0.1) is 49.6 Å². The number of carbonyl (C=O) groups excluding carboxylic acids is 2. The van der Waals surface area contributed by atoms with Crippen LogP contribution in [-0.2, 0) is 22.6 Å². The number of aryl methyl sites for hydroxylation is 2. The van der Waals surface area contributed by atoms with Crippen molar-refractivity contribution in [2.75, 3.05) is 13.2 Å². The maximum Gasteiger partial charge on any atom is 0.356 e. The van der Waals surface area contributed by atoms with Crippen molar-refractivity contribution in [1.29, 1.82) is 0 Å². The van der Waals surface area contributed by atoms with Crippen molar-refractivity contribution in [3.8, 4) is 22.5 Å². The molecule has 0 N–H and O–H groups in total. The molecule has 0 saturated carbocycles. The molecule has 0 bridgehead atoms. The Bertz CT molecular complexity index is 2470. The third kappa shape index (κ3) is 8.76. The Hall–Kier alpha value is -5.26. The average molecular weight is 863 g/mol. The molecule has 8 rings (SSSR count). The zero-order valence-electron chi connectivity index (χ0n) is 32.0. The molecular formula is C44H44Cl4N6O4. The van der Waals surface area contributed by atoms with E-state index in [0.717, 1.165) is 105 Å². The van der Waals surface area contributed by atoms with Crippen LogP contribution in [0.3, 0.4) is 0 Å². The largest absolute Gasteiger partial charge is 0.461 e. The van der Waals surface area contributed by atoms with Crippen LogP contribution in [0.1, 0.15) is 60.5 Å². The first kappa shape index (κ1) is 45.4. The van der Waals surface area contributed by atoms with Crippen molar-refractivity contribution >= 4 is 105 Å². The molecule has 0 spiro atoms. The quantitative estimate of drug-likeness (QED) is 0.0832. The van der Waals surface area contributed by atoms with Gasteiger partial charge in [0.15, 0.2) is 0 Å². The minimum absolute atomic E-state index is 0. The summed E-state index contributed by atoms with van der Waals surface area (Å²) in [5.41, 5.74) is 7.87. The molecule has 302 valence electrons. The fourth-order valence-corrected chi connectivity index (χ4v) is 7.53. The molecule has 6 heterocycles. The van der Waals surface area contributed by atoms with Crippen molar-refractivity contribution in [2.24, 2.45) is 0 Å². The number of para-hydroxylation sites is 2. The van der Waals surface area contributed by atoms with Gasteiger partial charge in [0.2, 0.25) is 0 Å². The highest BCUT2D eigenvalue weighted by molar-refractivity contribution is 6.14. The van der Waals surface area contributed by atoms with E-state index in [1.54, 1.807) is 38.6 Å². The smallest absolute Gasteiger partial charge is 0.356 e. The normalized spacial score (nSPS) is 10.7. The summed E-state index contributed by atoms with van der Waals surface area (Å²) in [5.74, 6) is -0.875. The fraction of sp³-hybridized carbons (Fsp3) is 0.227. The Morgan fingerprint density at radius 1 is 0.534 bits per heavy atom. The summed E-state index contributed by atoms with van der Waals surface area (Å²) in [6.45, 7) is 5.73. The lowest BCUT2D eigenvalue weighted by molar-refractivity contribution is 0.0510. The molecule has 0 aliphatic heterocycles. The van der Waals surface area contributed by atoms with Crippen LogP contribution in [0.15, 0.2) is 110 Å². The first-order valence-electron chi connectivity index (χ1n) is 18.6. The third-order valence-electron chi connectivity index (χ3n) is 9.85. The van der Waals surface area contributed by atoms with Crippen LogP contribution in [0, 0.1) is 0 Å². The van der Waals surface area contributed by atoms with E-state index in [1.807, 2.05) is 48.5 Å². The summed E-state index contributed by atoms with van der Waals surface area (Å²) in [7, 11) is 0. The summed E-state index contributed by atoms with van der Waals surface area (Å²) >= 11 is 0. The van der Waals surface area contributed by atoms with E-state index in [9.17, 15) is 9.59 Å². The summed E-state index contributed by atoms with van der Waals surface area (Å²) in [6, 6.07) is 28.1. The average Bonchev–Trinajstić information content (AvgIpc) is 3.71. The molecule has 6 aromatic heterocycles. The second kappa shape index (κ2) is 20.4. The monoisotopic (exact) mass is 860 g/mol. The standard InChI is InChI=1S/C44H40N6O4.4ClH/c1-3-53-43(51)35-25-33-31-17-7-9-19-37(31)49(41(33)39(47-35)29-15-13-21-45-27-29)23-11-5-6-12-24-50-38-20-10-8-18-32(38)34-26-36(44(52)54-4-2)48-40(42(34)50)30-16-14-22-46-28-30;;;;/h7-10,13-22,25-28H,3-6,11-12,23-24H2,1-2H3;4*1H. The highest BCUT2D eigenvalue weighted by Crippen LogP contribution is 2.38. The lowest BCUT2D eigenvalue weighted by atomic mass is 10.1. The van der Waals surface area contributed by atoms with Gasteiger partial charge in [-0.2, -0.15) is 0 Å². The number of esters is 2. The number of aromatic nitrogens is 6. The summed E-state index contributed by atoms with van der Waals surface area (Å²) < 4.78 is 15.4. The van der Waals surface area contributed by atoms with Gasteiger partial charge < -0.3 is 18.6 Å². The Labute approximate surface area is 361 Å². The van der Waals surface area contributed by atoms with Crippen molar-refractivity contribution in [3.05, 3.63) is 121 Å². The van der Waals surface area contributed by atoms with E-state index >= 15 is 0 Å². The number of halogens is 4. The molecule has 14 heteroatoms. The summed E-state index contributed by atoms with van der Waals surface area (Å²) in [4.78, 5) is 44.3. The number of ether oxygens (including phenoxy) is 2. The maximum atomic E-state index is 12.9. The fourth-order valence-electron chi connectivity index (χ4n) is 7.53. The Balaban J connectivity index is 0.00000186. The number of hydrogen-bond donors (Lipinski definition) is 0. The van der Waals surface area contributed by atoms with Crippen LogP contribution < -0.4 is 0 Å². The molecule has 0 fully saturated rings. The van der Waals surface area contributed by atoms with E-state index in [1.165, 1.54) is 0 Å². The number of hydrogen-bond acceptors (Lipinski definition) is 8. The molecule has 58 heavy (non-hydrogen) atoms. The topological polar surface area (TPSA) is 114 Å². The number of fused-ring (bicyclic) bond motifs is 6. The van der Waals surface area contributed by atoms with E-state index < -0.39 is 11.9 Å². The van der Waals surface area contributed by atoms with E-state index in [2.05, 4.69) is 55.5 Å². The highest BCUT2D eigenvalue weighted by atomic mass is 35.5. The van der Waals surface area contributed by atoms with Crippen LogP contribution in [0.5, 0.6) is 0 Å². The lowest BCUT2D eigenvalue weighted by Gasteiger charge is -2.13. The number of rotatable bonds is 13. The van der Waals surface area contributed by atoms with Gasteiger partial charge in [-0.25, -0.2) is 19.6 Å². The molecule has 8 aromatic rings. The van der Waals surface area contributed by atoms with Gasteiger partial charge in [0.25, 0.3) is 0 Å². The van der Waals surface area contributed by atoms with Gasteiger partial charge in [-0.3, -0.25) is 9.97 Å². The number of nitrogens with zero attached hydrogens (tertiary/aromatic N) is 6. The van der Waals surface area contributed by atoms with Crippen LogP contribution >= 0.6 is 49.6 Å². The zero-order valence-corrected chi connectivity index (χ0v) is 35.3. The van der Waals surface area contributed by atoms with Gasteiger partial charge in [0, 0.05) is 81.6 Å². The summed E-state index contributed by atoms with van der Waals surface area (Å²) in [6.07, 6.45) is 11.0. The molecule has 0 saturated heterocycles. The molecule has 0 aliphatic rings. The molecular weight excluding hydrogens is 818 g/mol. The Morgan fingerprint density at radius 3 is 1.33 bits per heavy atom. The number of benzene rings is 2. The minimum atomic E-state index is -0.438. The molecule has 0 unspecified atom stereocenters. The number of carbonyl (C=O) groups is 2.